The van der Waals surface area contributed by atoms with E-state index in [-0.39, 0.29) is 5.91 Å². The zero-order valence-corrected chi connectivity index (χ0v) is 20.4. The number of fused-ring (bicyclic) bond motifs is 2. The van der Waals surface area contributed by atoms with E-state index < -0.39 is 0 Å². The fraction of sp³-hybridized carbons (Fsp3) is 0.214. The van der Waals surface area contributed by atoms with Crippen LogP contribution in [0.2, 0.25) is 0 Å². The smallest absolute Gasteiger partial charge is 0.255 e. The van der Waals surface area contributed by atoms with Crippen LogP contribution in [0.4, 0.5) is 5.69 Å². The lowest BCUT2D eigenvalue weighted by Gasteiger charge is -2.27. The quantitative estimate of drug-likeness (QED) is 0.283. The lowest BCUT2D eigenvalue weighted by atomic mass is 10.00. The molecule has 3 aromatic carbocycles. The van der Waals surface area contributed by atoms with E-state index in [1.807, 2.05) is 41.1 Å². The molecule has 1 fully saturated rings. The first-order valence-electron chi connectivity index (χ1n) is 11.7. The van der Waals surface area contributed by atoms with Crippen LogP contribution in [0.25, 0.3) is 30.7 Å². The third-order valence-corrected chi connectivity index (χ3v) is 8.45. The van der Waals surface area contributed by atoms with E-state index in [2.05, 4.69) is 57.7 Å². The Balaban J connectivity index is 1.33. The highest BCUT2D eigenvalue weighted by atomic mass is 32.1. The topological polar surface area (TPSA) is 45.2 Å². The van der Waals surface area contributed by atoms with E-state index in [9.17, 15) is 4.79 Å². The first kappa shape index (κ1) is 21.5. The Morgan fingerprint density at radius 3 is 2.71 bits per heavy atom. The van der Waals surface area contributed by atoms with E-state index in [1.54, 1.807) is 11.3 Å². The van der Waals surface area contributed by atoms with Crippen LogP contribution in [0.5, 0.6) is 0 Å². The van der Waals surface area contributed by atoms with Crippen molar-refractivity contribution >= 4 is 54.6 Å². The molecule has 2 aromatic heterocycles. The standard InChI is InChI=1S/C28H25N3OS2/c32-28(30-22-9-11-26-24(16-22)29-18-33-26)20-8-10-23(21(14-20)17-31-12-4-1-5-13-31)27-15-19-6-2-3-7-25(19)34-27/h2-3,6-11,14-16,18H,1,4-5,12-13,17H2,(H,30,32). The second-order valence-electron chi connectivity index (χ2n) is 8.85. The van der Waals surface area contributed by atoms with Gasteiger partial charge in [-0.15, -0.1) is 22.7 Å². The molecule has 1 aliphatic rings. The minimum atomic E-state index is -0.0858. The summed E-state index contributed by atoms with van der Waals surface area (Å²) in [6.07, 6.45) is 3.81. The first-order chi connectivity index (χ1) is 16.7. The number of likely N-dealkylation sites (tertiary alicyclic amines) is 1. The van der Waals surface area contributed by atoms with Crippen molar-refractivity contribution < 1.29 is 4.79 Å². The van der Waals surface area contributed by atoms with Gasteiger partial charge in [-0.3, -0.25) is 9.69 Å². The zero-order valence-electron chi connectivity index (χ0n) is 18.8. The average Bonchev–Trinajstić information content (AvgIpc) is 3.51. The maximum atomic E-state index is 13.2. The number of piperidine rings is 1. The molecule has 6 rings (SSSR count). The number of nitrogens with one attached hydrogen (secondary N) is 1. The highest BCUT2D eigenvalue weighted by molar-refractivity contribution is 7.22. The number of rotatable bonds is 5. The monoisotopic (exact) mass is 483 g/mol. The third kappa shape index (κ3) is 4.37. The number of hydrogen-bond donors (Lipinski definition) is 1. The fourth-order valence-corrected chi connectivity index (χ4v) is 6.50. The number of hydrogen-bond acceptors (Lipinski definition) is 5. The summed E-state index contributed by atoms with van der Waals surface area (Å²) in [5.41, 5.74) is 6.65. The highest BCUT2D eigenvalue weighted by Gasteiger charge is 2.17. The summed E-state index contributed by atoms with van der Waals surface area (Å²) in [5, 5.41) is 4.34. The second kappa shape index (κ2) is 9.29. The lowest BCUT2D eigenvalue weighted by Crippen LogP contribution is -2.29. The summed E-state index contributed by atoms with van der Waals surface area (Å²) < 4.78 is 2.41. The summed E-state index contributed by atoms with van der Waals surface area (Å²) in [7, 11) is 0. The van der Waals surface area contributed by atoms with Crippen LogP contribution >= 0.6 is 22.7 Å². The molecule has 4 nitrogen and oxygen atoms in total. The maximum Gasteiger partial charge on any atom is 0.255 e. The number of carbonyl (C=O) groups excluding carboxylic acids is 1. The Morgan fingerprint density at radius 1 is 0.941 bits per heavy atom. The third-order valence-electron chi connectivity index (χ3n) is 6.49. The van der Waals surface area contributed by atoms with Gasteiger partial charge in [-0.1, -0.05) is 30.7 Å². The van der Waals surface area contributed by atoms with Crippen LogP contribution in [0.1, 0.15) is 35.2 Å². The molecule has 1 aliphatic heterocycles. The van der Waals surface area contributed by atoms with Crippen molar-refractivity contribution in [2.24, 2.45) is 0 Å². The summed E-state index contributed by atoms with van der Waals surface area (Å²) in [6, 6.07) is 22.9. The minimum absolute atomic E-state index is 0.0858. The molecule has 0 unspecified atom stereocenters. The average molecular weight is 484 g/mol. The Hall–Kier alpha value is -3.06. The number of aromatic nitrogens is 1. The molecule has 1 amide bonds. The Morgan fingerprint density at radius 2 is 1.82 bits per heavy atom. The van der Waals surface area contributed by atoms with Crippen molar-refractivity contribution in [3.63, 3.8) is 0 Å². The van der Waals surface area contributed by atoms with E-state index in [1.165, 1.54) is 45.4 Å². The summed E-state index contributed by atoms with van der Waals surface area (Å²) in [5.74, 6) is -0.0858. The maximum absolute atomic E-state index is 13.2. The molecule has 0 atom stereocenters. The van der Waals surface area contributed by atoms with Gasteiger partial charge in [0.1, 0.15) is 0 Å². The molecule has 6 heteroatoms. The summed E-state index contributed by atoms with van der Waals surface area (Å²) in [4.78, 5) is 21.3. The van der Waals surface area contributed by atoms with Gasteiger partial charge in [-0.2, -0.15) is 0 Å². The number of anilines is 1. The van der Waals surface area contributed by atoms with Gasteiger partial charge in [-0.25, -0.2) is 4.98 Å². The zero-order chi connectivity index (χ0) is 22.9. The van der Waals surface area contributed by atoms with Crippen LogP contribution in [0.15, 0.2) is 72.2 Å². The number of benzene rings is 3. The van der Waals surface area contributed by atoms with Crippen molar-refractivity contribution in [1.29, 1.82) is 0 Å². The Kier molecular flexibility index (Phi) is 5.87. The van der Waals surface area contributed by atoms with Crippen molar-refractivity contribution in [2.45, 2.75) is 25.8 Å². The predicted molar refractivity (Wildman–Crippen MR) is 144 cm³/mol. The number of thiophene rings is 1. The number of amides is 1. The molecule has 5 aromatic rings. The van der Waals surface area contributed by atoms with Gasteiger partial charge in [-0.05, 0) is 84.9 Å². The van der Waals surface area contributed by atoms with Gasteiger partial charge in [0.15, 0.2) is 0 Å². The van der Waals surface area contributed by atoms with Crippen molar-refractivity contribution in [2.75, 3.05) is 18.4 Å². The van der Waals surface area contributed by atoms with Gasteiger partial charge < -0.3 is 5.32 Å². The number of thiazole rings is 1. The fourth-order valence-electron chi connectivity index (χ4n) is 4.72. The molecule has 1 N–H and O–H groups in total. The minimum Gasteiger partial charge on any atom is -0.322 e. The summed E-state index contributed by atoms with van der Waals surface area (Å²) >= 11 is 3.42. The van der Waals surface area contributed by atoms with Gasteiger partial charge in [0.25, 0.3) is 5.91 Å². The second-order valence-corrected chi connectivity index (χ2v) is 10.8. The predicted octanol–water partition coefficient (Wildman–Crippen LogP) is 7.42. The van der Waals surface area contributed by atoms with Crippen LogP contribution in [-0.4, -0.2) is 28.9 Å². The molecule has 34 heavy (non-hydrogen) atoms. The Bertz CT molecular complexity index is 1450. The van der Waals surface area contributed by atoms with Gasteiger partial charge in [0, 0.05) is 27.4 Å². The van der Waals surface area contributed by atoms with Crippen molar-refractivity contribution in [1.82, 2.24) is 9.88 Å². The van der Waals surface area contributed by atoms with E-state index >= 15 is 0 Å². The first-order valence-corrected chi connectivity index (χ1v) is 13.4. The Labute approximate surface area is 206 Å². The molecule has 0 radical (unpaired) electrons. The van der Waals surface area contributed by atoms with Crippen LogP contribution in [0.3, 0.4) is 0 Å². The molecule has 1 saturated heterocycles. The van der Waals surface area contributed by atoms with Gasteiger partial charge in [0.2, 0.25) is 0 Å². The van der Waals surface area contributed by atoms with Gasteiger partial charge >= 0.3 is 0 Å². The van der Waals surface area contributed by atoms with Crippen molar-refractivity contribution in [3.05, 3.63) is 83.4 Å². The SMILES string of the molecule is O=C(Nc1ccc2scnc2c1)c1ccc(-c2cc3ccccc3s2)c(CN2CCCCC2)c1. The number of carbonyl (C=O) groups is 1. The molecule has 0 aliphatic carbocycles. The molecule has 0 saturated carbocycles. The van der Waals surface area contributed by atoms with Crippen molar-refractivity contribution in [3.8, 4) is 10.4 Å². The molecule has 170 valence electrons. The van der Waals surface area contributed by atoms with E-state index in [0.717, 1.165) is 35.5 Å². The van der Waals surface area contributed by atoms with E-state index in [0.29, 0.717) is 5.56 Å². The van der Waals surface area contributed by atoms with Crippen LogP contribution in [0, 0.1) is 0 Å². The molecule has 0 spiro atoms. The summed E-state index contributed by atoms with van der Waals surface area (Å²) in [6.45, 7) is 3.11. The molecule has 0 bridgehead atoms. The number of nitrogens with zero attached hydrogens (tertiary/aromatic N) is 2. The van der Waals surface area contributed by atoms with Gasteiger partial charge in [0.05, 0.1) is 15.7 Å². The largest absolute Gasteiger partial charge is 0.322 e. The van der Waals surface area contributed by atoms with E-state index in [4.69, 9.17) is 0 Å². The highest BCUT2D eigenvalue weighted by Crippen LogP contribution is 2.36. The van der Waals surface area contributed by atoms with Crippen LogP contribution < -0.4 is 5.32 Å². The molecular formula is C28H25N3OS2. The molecule has 3 heterocycles. The van der Waals surface area contributed by atoms with Crippen LogP contribution in [-0.2, 0) is 6.54 Å². The lowest BCUT2D eigenvalue weighted by molar-refractivity contribution is 0.102. The molecular weight excluding hydrogens is 458 g/mol. The normalized spacial score (nSPS) is 14.6.